The number of aryl methyl sites for hydroxylation is 3. The molecule has 0 radical (unpaired) electrons. The summed E-state index contributed by atoms with van der Waals surface area (Å²) in [6.07, 6.45) is 0. The van der Waals surface area contributed by atoms with Crippen molar-refractivity contribution in [2.45, 2.75) is 20.8 Å². The first-order chi connectivity index (χ1) is 9.52. The number of benzene rings is 2. The van der Waals surface area contributed by atoms with Gasteiger partial charge in [0.25, 0.3) is 0 Å². The van der Waals surface area contributed by atoms with Crippen LogP contribution in [0.5, 0.6) is 0 Å². The Labute approximate surface area is 118 Å². The zero-order chi connectivity index (χ0) is 14.3. The maximum Gasteiger partial charge on any atom is 0.134 e. The van der Waals surface area contributed by atoms with Gasteiger partial charge < -0.3 is 0 Å². The van der Waals surface area contributed by atoms with Crippen molar-refractivity contribution >= 4 is 10.9 Å². The lowest BCUT2D eigenvalue weighted by atomic mass is 10.0. The van der Waals surface area contributed by atoms with Crippen LogP contribution in [0.15, 0.2) is 42.5 Å². The van der Waals surface area contributed by atoms with Crippen LogP contribution in [-0.4, -0.2) is 4.98 Å². The van der Waals surface area contributed by atoms with E-state index >= 15 is 0 Å². The highest BCUT2D eigenvalue weighted by Crippen LogP contribution is 2.26. The van der Waals surface area contributed by atoms with E-state index < -0.39 is 0 Å². The second-order valence-corrected chi connectivity index (χ2v) is 5.39. The van der Waals surface area contributed by atoms with Gasteiger partial charge in [0.1, 0.15) is 5.82 Å². The Morgan fingerprint density at radius 3 is 2.20 bits per heavy atom. The van der Waals surface area contributed by atoms with Crippen LogP contribution in [0.2, 0.25) is 0 Å². The third-order valence-electron chi connectivity index (χ3n) is 3.43. The maximum atomic E-state index is 14.2. The predicted octanol–water partition coefficient (Wildman–Crippen LogP) is 4.97. The minimum absolute atomic E-state index is 0.218. The van der Waals surface area contributed by atoms with Gasteiger partial charge in [0.15, 0.2) is 0 Å². The molecule has 0 fully saturated rings. The SMILES string of the molecule is Cc1cc(C)cc(-c2cc(F)c3ccc(C)cc3n2)c1. The lowest BCUT2D eigenvalue weighted by molar-refractivity contribution is 0.639. The summed E-state index contributed by atoms with van der Waals surface area (Å²) in [6.45, 7) is 6.07. The van der Waals surface area contributed by atoms with Crippen LogP contribution in [0.25, 0.3) is 22.2 Å². The molecule has 0 amide bonds. The highest BCUT2D eigenvalue weighted by molar-refractivity contribution is 5.83. The first-order valence-electron chi connectivity index (χ1n) is 6.68. The molecule has 0 aliphatic carbocycles. The molecule has 0 aliphatic rings. The van der Waals surface area contributed by atoms with Gasteiger partial charge in [-0.3, -0.25) is 0 Å². The number of aromatic nitrogens is 1. The lowest BCUT2D eigenvalue weighted by Gasteiger charge is -2.07. The van der Waals surface area contributed by atoms with Gasteiger partial charge in [0, 0.05) is 17.0 Å². The van der Waals surface area contributed by atoms with Crippen molar-refractivity contribution < 1.29 is 4.39 Å². The zero-order valence-electron chi connectivity index (χ0n) is 11.9. The van der Waals surface area contributed by atoms with Crippen LogP contribution in [0, 0.1) is 26.6 Å². The van der Waals surface area contributed by atoms with Crippen LogP contribution < -0.4 is 0 Å². The molecule has 0 saturated carbocycles. The van der Waals surface area contributed by atoms with Crippen LogP contribution >= 0.6 is 0 Å². The van der Waals surface area contributed by atoms with E-state index in [1.54, 1.807) is 6.07 Å². The number of rotatable bonds is 1. The standard InChI is InChI=1S/C18H16FN/c1-11-4-5-15-16(19)10-17(20-18(15)9-11)14-7-12(2)6-13(3)8-14/h4-10H,1-3H3. The number of pyridine rings is 1. The fourth-order valence-electron chi connectivity index (χ4n) is 2.57. The lowest BCUT2D eigenvalue weighted by Crippen LogP contribution is -1.91. The summed E-state index contributed by atoms with van der Waals surface area (Å²) in [5, 5.41) is 0.573. The van der Waals surface area contributed by atoms with Gasteiger partial charge in [-0.15, -0.1) is 0 Å². The Kier molecular flexibility index (Phi) is 3.01. The van der Waals surface area contributed by atoms with Crippen LogP contribution in [0.1, 0.15) is 16.7 Å². The molecule has 3 aromatic rings. The molecule has 3 rings (SSSR count). The Morgan fingerprint density at radius 2 is 1.50 bits per heavy atom. The molecule has 2 heteroatoms. The van der Waals surface area contributed by atoms with Crippen molar-refractivity contribution in [3.05, 3.63) is 65.0 Å². The third kappa shape index (κ3) is 2.29. The summed E-state index contributed by atoms with van der Waals surface area (Å²) in [5.74, 6) is -0.218. The second-order valence-electron chi connectivity index (χ2n) is 5.39. The van der Waals surface area contributed by atoms with Gasteiger partial charge >= 0.3 is 0 Å². The number of nitrogens with zero attached hydrogens (tertiary/aromatic N) is 1. The Morgan fingerprint density at radius 1 is 0.800 bits per heavy atom. The summed E-state index contributed by atoms with van der Waals surface area (Å²) < 4.78 is 14.2. The van der Waals surface area contributed by atoms with Crippen LogP contribution in [0.3, 0.4) is 0 Å². The monoisotopic (exact) mass is 265 g/mol. The minimum Gasteiger partial charge on any atom is -0.248 e. The van der Waals surface area contributed by atoms with E-state index in [0.29, 0.717) is 16.6 Å². The molecule has 2 aromatic carbocycles. The molecule has 100 valence electrons. The van der Waals surface area contributed by atoms with E-state index in [-0.39, 0.29) is 5.82 Å². The quantitative estimate of drug-likeness (QED) is 0.605. The van der Waals surface area contributed by atoms with E-state index in [0.717, 1.165) is 22.3 Å². The van der Waals surface area contributed by atoms with E-state index in [4.69, 9.17) is 0 Å². The number of hydrogen-bond donors (Lipinski definition) is 0. The van der Waals surface area contributed by atoms with E-state index in [2.05, 4.69) is 11.1 Å². The molecule has 0 N–H and O–H groups in total. The van der Waals surface area contributed by atoms with Crippen molar-refractivity contribution in [2.75, 3.05) is 0 Å². The third-order valence-corrected chi connectivity index (χ3v) is 3.43. The van der Waals surface area contributed by atoms with Crippen molar-refractivity contribution in [1.29, 1.82) is 0 Å². The smallest absolute Gasteiger partial charge is 0.134 e. The first kappa shape index (κ1) is 12.8. The molecule has 0 atom stereocenters. The summed E-state index contributed by atoms with van der Waals surface area (Å²) in [7, 11) is 0. The number of halogens is 1. The summed E-state index contributed by atoms with van der Waals surface area (Å²) in [4.78, 5) is 4.61. The van der Waals surface area contributed by atoms with Crippen molar-refractivity contribution in [2.24, 2.45) is 0 Å². The van der Waals surface area contributed by atoms with Gasteiger partial charge in [0.05, 0.1) is 11.2 Å². The van der Waals surface area contributed by atoms with Gasteiger partial charge in [-0.25, -0.2) is 9.37 Å². The fourth-order valence-corrected chi connectivity index (χ4v) is 2.57. The molecule has 0 spiro atoms. The van der Waals surface area contributed by atoms with Gasteiger partial charge in [-0.2, -0.15) is 0 Å². The minimum atomic E-state index is -0.218. The molecule has 0 unspecified atom stereocenters. The Hall–Kier alpha value is -2.22. The van der Waals surface area contributed by atoms with Crippen molar-refractivity contribution in [3.63, 3.8) is 0 Å². The molecule has 0 saturated heterocycles. The Balaban J connectivity index is 2.26. The van der Waals surface area contributed by atoms with Crippen molar-refractivity contribution in [3.8, 4) is 11.3 Å². The molecular formula is C18H16FN. The topological polar surface area (TPSA) is 12.9 Å². The largest absolute Gasteiger partial charge is 0.248 e. The molecule has 0 bridgehead atoms. The molecule has 1 aromatic heterocycles. The number of fused-ring (bicyclic) bond motifs is 1. The predicted molar refractivity (Wildman–Crippen MR) is 81.3 cm³/mol. The van der Waals surface area contributed by atoms with Crippen LogP contribution in [0.4, 0.5) is 4.39 Å². The second kappa shape index (κ2) is 4.71. The average Bonchev–Trinajstić information content (AvgIpc) is 2.36. The fraction of sp³-hybridized carbons (Fsp3) is 0.167. The summed E-state index contributed by atoms with van der Waals surface area (Å²) >= 11 is 0. The normalized spacial score (nSPS) is 11.0. The molecule has 1 heterocycles. The highest BCUT2D eigenvalue weighted by Gasteiger charge is 2.08. The summed E-state index contributed by atoms with van der Waals surface area (Å²) in [6, 6.07) is 13.3. The van der Waals surface area contributed by atoms with Gasteiger partial charge in [-0.05, 0) is 50.6 Å². The van der Waals surface area contributed by atoms with Crippen LogP contribution in [-0.2, 0) is 0 Å². The number of hydrogen-bond acceptors (Lipinski definition) is 1. The molecule has 20 heavy (non-hydrogen) atoms. The van der Waals surface area contributed by atoms with Gasteiger partial charge in [-0.1, -0.05) is 23.3 Å². The van der Waals surface area contributed by atoms with E-state index in [9.17, 15) is 4.39 Å². The van der Waals surface area contributed by atoms with Gasteiger partial charge in [0.2, 0.25) is 0 Å². The zero-order valence-corrected chi connectivity index (χ0v) is 11.9. The molecular weight excluding hydrogens is 249 g/mol. The molecule has 0 aliphatic heterocycles. The summed E-state index contributed by atoms with van der Waals surface area (Å²) in [5.41, 5.74) is 5.76. The highest BCUT2D eigenvalue weighted by atomic mass is 19.1. The van der Waals surface area contributed by atoms with E-state index in [1.165, 1.54) is 6.07 Å². The first-order valence-corrected chi connectivity index (χ1v) is 6.68. The average molecular weight is 265 g/mol. The van der Waals surface area contributed by atoms with Crippen molar-refractivity contribution in [1.82, 2.24) is 4.98 Å². The Bertz CT molecular complexity index is 786. The maximum absolute atomic E-state index is 14.2. The molecule has 1 nitrogen and oxygen atoms in total. The van der Waals surface area contributed by atoms with E-state index in [1.807, 2.05) is 45.0 Å².